The molecule has 1 heterocycles. The van der Waals surface area contributed by atoms with Crippen molar-refractivity contribution in [2.24, 2.45) is 0 Å². The van der Waals surface area contributed by atoms with Gasteiger partial charge in [-0.2, -0.15) is 16.0 Å². The Hall–Kier alpha value is -4.04. The Morgan fingerprint density at radius 2 is 1.75 bits per heavy atom. The third kappa shape index (κ3) is 4.57. The maximum Gasteiger partial charge on any atom is 0.227 e. The van der Waals surface area contributed by atoms with Crippen LogP contribution in [0.3, 0.4) is 0 Å². The normalized spacial score (nSPS) is 11.5. The highest BCUT2D eigenvalue weighted by molar-refractivity contribution is 5.55. The highest BCUT2D eigenvalue weighted by Crippen LogP contribution is 2.22. The highest BCUT2D eigenvalue weighted by Gasteiger charge is 2.15. The average Bonchev–Trinajstić information content (AvgIpc) is 2.74. The molecule has 0 amide bonds. The minimum atomic E-state index is -0.543. The number of aromatic nitrogens is 2. The Balaban J connectivity index is 1.81. The zero-order chi connectivity index (χ0) is 19.8. The third-order valence-corrected chi connectivity index (χ3v) is 3.99. The first-order valence-corrected chi connectivity index (χ1v) is 8.39. The second kappa shape index (κ2) is 9.06. The van der Waals surface area contributed by atoms with Crippen LogP contribution in [-0.4, -0.2) is 15.2 Å². The highest BCUT2D eigenvalue weighted by atomic mass is 16.5. The van der Waals surface area contributed by atoms with E-state index in [1.165, 1.54) is 6.08 Å². The number of rotatable bonds is 6. The van der Waals surface area contributed by atoms with Gasteiger partial charge in [-0.3, -0.25) is 0 Å². The first-order valence-electron chi connectivity index (χ1n) is 8.39. The summed E-state index contributed by atoms with van der Waals surface area (Å²) in [5.41, 5.74) is 5.86. The van der Waals surface area contributed by atoms with E-state index in [1.807, 2.05) is 30.3 Å². The van der Waals surface area contributed by atoms with E-state index in [1.54, 1.807) is 42.6 Å². The van der Waals surface area contributed by atoms with Crippen LogP contribution in [0.2, 0.25) is 0 Å². The molecule has 0 saturated carbocycles. The number of hydroxylamine groups is 1. The number of nitrogens with one attached hydrogen (secondary N) is 2. The van der Waals surface area contributed by atoms with Gasteiger partial charge in [0, 0.05) is 18.0 Å². The number of anilines is 2. The molecule has 1 aromatic heterocycles. The topological polar surface area (TPSA) is 118 Å². The lowest BCUT2D eigenvalue weighted by molar-refractivity contribution is 0.139. The molecule has 0 aliphatic carbocycles. The van der Waals surface area contributed by atoms with Crippen LogP contribution in [0.1, 0.15) is 28.4 Å². The van der Waals surface area contributed by atoms with Gasteiger partial charge < -0.3 is 10.5 Å². The second-order valence-electron chi connectivity index (χ2n) is 5.81. The molecule has 7 heteroatoms. The molecule has 0 radical (unpaired) electrons. The van der Waals surface area contributed by atoms with E-state index in [4.69, 9.17) is 10.5 Å². The van der Waals surface area contributed by atoms with E-state index in [9.17, 15) is 5.21 Å². The first kappa shape index (κ1) is 18.7. The summed E-state index contributed by atoms with van der Waals surface area (Å²) in [6.07, 6.45) is 4.71. The van der Waals surface area contributed by atoms with Crippen LogP contribution < -0.4 is 10.8 Å². The smallest absolute Gasteiger partial charge is 0.227 e. The number of hydrogen-bond acceptors (Lipinski definition) is 7. The molecule has 0 aliphatic heterocycles. The fraction of sp³-hybridized carbons (Fsp3) is 0.0476. The van der Waals surface area contributed by atoms with E-state index < -0.39 is 6.04 Å². The van der Waals surface area contributed by atoms with Gasteiger partial charge in [0.05, 0.1) is 29.4 Å². The molecule has 3 N–H and O–H groups in total. The van der Waals surface area contributed by atoms with E-state index in [2.05, 4.69) is 26.8 Å². The molecule has 0 aliphatic rings. The second-order valence-corrected chi connectivity index (χ2v) is 5.81. The Labute approximate surface area is 162 Å². The Kier molecular flexibility index (Phi) is 6.06. The van der Waals surface area contributed by atoms with Gasteiger partial charge in [-0.15, -0.1) is 0 Å². The largest absolute Gasteiger partial charge is 0.324 e. The zero-order valence-corrected chi connectivity index (χ0v) is 14.7. The van der Waals surface area contributed by atoms with Crippen molar-refractivity contribution in [2.45, 2.75) is 6.04 Å². The standard InChI is InChI=1S/C21H16N6O/c22-12-1-2-15-3-7-17(8-4-15)20(27-28)19-11-13-24-21(26-19)25-18-9-5-16(14-23)6-10-18/h1-11,13,20,27-28H,(H,24,25,26)/b2-1+. The van der Waals surface area contributed by atoms with Crippen molar-refractivity contribution >= 4 is 17.7 Å². The summed E-state index contributed by atoms with van der Waals surface area (Å²) in [5, 5.41) is 30.2. The lowest BCUT2D eigenvalue weighted by atomic mass is 10.0. The quantitative estimate of drug-likeness (QED) is 0.448. The summed E-state index contributed by atoms with van der Waals surface area (Å²) in [6.45, 7) is 0. The van der Waals surface area contributed by atoms with Gasteiger partial charge >= 0.3 is 0 Å². The molecule has 3 rings (SSSR count). The minimum absolute atomic E-state index is 0.371. The average molecular weight is 368 g/mol. The molecule has 0 spiro atoms. The molecular formula is C21H16N6O. The number of nitrogens with zero attached hydrogens (tertiary/aromatic N) is 4. The molecule has 0 saturated heterocycles. The number of nitriles is 2. The van der Waals surface area contributed by atoms with Gasteiger partial charge in [0.2, 0.25) is 5.95 Å². The number of benzene rings is 2. The van der Waals surface area contributed by atoms with Crippen molar-refractivity contribution in [1.82, 2.24) is 15.4 Å². The molecule has 7 nitrogen and oxygen atoms in total. The minimum Gasteiger partial charge on any atom is -0.324 e. The predicted molar refractivity (Wildman–Crippen MR) is 104 cm³/mol. The van der Waals surface area contributed by atoms with Crippen LogP contribution in [0.5, 0.6) is 0 Å². The SMILES string of the molecule is N#C/C=C/c1ccc(C(NO)c2ccnc(Nc3ccc(C#N)cc3)n2)cc1. The van der Waals surface area contributed by atoms with Gasteiger partial charge in [-0.25, -0.2) is 9.97 Å². The first-order chi connectivity index (χ1) is 13.7. The molecule has 28 heavy (non-hydrogen) atoms. The van der Waals surface area contributed by atoms with Gasteiger partial charge in [-0.05, 0) is 47.5 Å². The van der Waals surface area contributed by atoms with Crippen molar-refractivity contribution < 1.29 is 5.21 Å². The summed E-state index contributed by atoms with van der Waals surface area (Å²) < 4.78 is 0. The molecule has 0 bridgehead atoms. The van der Waals surface area contributed by atoms with Crippen LogP contribution >= 0.6 is 0 Å². The van der Waals surface area contributed by atoms with Crippen LogP contribution in [0.25, 0.3) is 6.08 Å². The molecule has 1 atom stereocenters. The monoisotopic (exact) mass is 368 g/mol. The fourth-order valence-corrected chi connectivity index (χ4v) is 2.60. The lowest BCUT2D eigenvalue weighted by Crippen LogP contribution is -2.20. The van der Waals surface area contributed by atoms with Crippen LogP contribution in [0.4, 0.5) is 11.6 Å². The van der Waals surface area contributed by atoms with E-state index in [0.717, 1.165) is 16.8 Å². The van der Waals surface area contributed by atoms with E-state index >= 15 is 0 Å². The van der Waals surface area contributed by atoms with Gasteiger partial charge in [0.1, 0.15) is 0 Å². The molecule has 1 unspecified atom stereocenters. The Bertz CT molecular complexity index is 1050. The Morgan fingerprint density at radius 1 is 1.00 bits per heavy atom. The van der Waals surface area contributed by atoms with Crippen LogP contribution in [0.15, 0.2) is 66.9 Å². The Morgan fingerprint density at radius 3 is 2.39 bits per heavy atom. The van der Waals surface area contributed by atoms with Crippen LogP contribution in [-0.2, 0) is 0 Å². The van der Waals surface area contributed by atoms with E-state index in [-0.39, 0.29) is 0 Å². The van der Waals surface area contributed by atoms with Crippen molar-refractivity contribution in [3.63, 3.8) is 0 Å². The van der Waals surface area contributed by atoms with Crippen molar-refractivity contribution in [3.05, 3.63) is 89.3 Å². The summed E-state index contributed by atoms with van der Waals surface area (Å²) >= 11 is 0. The van der Waals surface area contributed by atoms with E-state index in [0.29, 0.717) is 17.2 Å². The van der Waals surface area contributed by atoms with Crippen molar-refractivity contribution in [1.29, 1.82) is 10.5 Å². The summed E-state index contributed by atoms with van der Waals surface area (Å²) in [6, 6.07) is 19.5. The molecule has 0 fully saturated rings. The number of hydrogen-bond donors (Lipinski definition) is 3. The summed E-state index contributed by atoms with van der Waals surface area (Å²) in [4.78, 5) is 8.66. The van der Waals surface area contributed by atoms with Crippen molar-refractivity contribution in [3.8, 4) is 12.1 Å². The molecule has 2 aromatic carbocycles. The van der Waals surface area contributed by atoms with Gasteiger partial charge in [0.25, 0.3) is 0 Å². The van der Waals surface area contributed by atoms with Crippen LogP contribution in [0, 0.1) is 22.7 Å². The third-order valence-electron chi connectivity index (χ3n) is 3.99. The molecular weight excluding hydrogens is 352 g/mol. The predicted octanol–water partition coefficient (Wildman–Crippen LogP) is 3.70. The number of allylic oxidation sites excluding steroid dienone is 1. The summed E-state index contributed by atoms with van der Waals surface area (Å²) in [5.74, 6) is 0.371. The fourth-order valence-electron chi connectivity index (χ4n) is 2.60. The van der Waals surface area contributed by atoms with Gasteiger partial charge in [0.15, 0.2) is 0 Å². The van der Waals surface area contributed by atoms with Crippen molar-refractivity contribution in [2.75, 3.05) is 5.32 Å². The summed E-state index contributed by atoms with van der Waals surface area (Å²) in [7, 11) is 0. The zero-order valence-electron chi connectivity index (χ0n) is 14.7. The lowest BCUT2D eigenvalue weighted by Gasteiger charge is -2.16. The van der Waals surface area contributed by atoms with Gasteiger partial charge in [-0.1, -0.05) is 24.3 Å². The molecule has 3 aromatic rings. The maximum atomic E-state index is 9.66. The maximum absolute atomic E-state index is 9.66. The molecule has 136 valence electrons.